The molecule has 1 atom stereocenters. The number of nitrogens with one attached hydrogen (secondary N) is 1. The monoisotopic (exact) mass is 254 g/mol. The molecule has 19 heavy (non-hydrogen) atoms. The highest BCUT2D eigenvalue weighted by Gasteiger charge is 2.17. The minimum absolute atomic E-state index is 0.667. The predicted molar refractivity (Wildman–Crippen MR) is 74.0 cm³/mol. The van der Waals surface area contributed by atoms with Gasteiger partial charge in [-0.1, -0.05) is 60.7 Å². The van der Waals surface area contributed by atoms with Gasteiger partial charge in [0.15, 0.2) is 6.04 Å². The van der Waals surface area contributed by atoms with Gasteiger partial charge in [-0.2, -0.15) is 5.10 Å². The molecule has 4 nitrogen and oxygen atoms in total. The van der Waals surface area contributed by atoms with E-state index >= 15 is 0 Å². The average Bonchev–Trinajstić information content (AvgIpc) is 2.45. The van der Waals surface area contributed by atoms with Crippen molar-refractivity contribution in [3.05, 3.63) is 71.8 Å². The Balaban J connectivity index is 2.07. The number of carboxylic acids is 1. The first-order valence-electron chi connectivity index (χ1n) is 5.89. The van der Waals surface area contributed by atoms with Crippen LogP contribution in [0, 0.1) is 0 Å². The van der Waals surface area contributed by atoms with Crippen molar-refractivity contribution in [3.63, 3.8) is 0 Å². The van der Waals surface area contributed by atoms with Gasteiger partial charge in [0.1, 0.15) is 0 Å². The third-order valence-corrected chi connectivity index (χ3v) is 2.60. The standard InChI is InChI=1S/C15H14N2O2/c18-15(19)14(13-9-5-2-6-10-13)17-16-11-12-7-3-1-4-8-12/h1-11,14,17H,(H,18,19). The quantitative estimate of drug-likeness (QED) is 0.636. The second-order valence-electron chi connectivity index (χ2n) is 3.98. The number of hydrogen-bond donors (Lipinski definition) is 2. The van der Waals surface area contributed by atoms with Gasteiger partial charge in [0.25, 0.3) is 0 Å². The van der Waals surface area contributed by atoms with Crippen LogP contribution in [0.5, 0.6) is 0 Å². The van der Waals surface area contributed by atoms with Crippen LogP contribution >= 0.6 is 0 Å². The fourth-order valence-corrected chi connectivity index (χ4v) is 1.64. The molecule has 2 aromatic rings. The molecule has 96 valence electrons. The molecule has 0 radical (unpaired) electrons. The highest BCUT2D eigenvalue weighted by molar-refractivity contribution is 5.80. The fraction of sp³-hybridized carbons (Fsp3) is 0.0667. The molecule has 0 saturated carbocycles. The molecule has 0 aliphatic rings. The van der Waals surface area contributed by atoms with Gasteiger partial charge in [0, 0.05) is 0 Å². The van der Waals surface area contributed by atoms with Crippen molar-refractivity contribution in [2.45, 2.75) is 6.04 Å². The number of hydrazone groups is 1. The second-order valence-corrected chi connectivity index (χ2v) is 3.98. The number of nitrogens with zero attached hydrogens (tertiary/aromatic N) is 1. The summed E-state index contributed by atoms with van der Waals surface area (Å²) in [4.78, 5) is 11.2. The third kappa shape index (κ3) is 3.67. The third-order valence-electron chi connectivity index (χ3n) is 2.60. The van der Waals surface area contributed by atoms with Crippen LogP contribution in [0.3, 0.4) is 0 Å². The van der Waals surface area contributed by atoms with E-state index in [0.717, 1.165) is 5.56 Å². The van der Waals surface area contributed by atoms with Crippen molar-refractivity contribution in [2.24, 2.45) is 5.10 Å². The van der Waals surface area contributed by atoms with Crippen molar-refractivity contribution in [1.82, 2.24) is 5.43 Å². The smallest absolute Gasteiger partial charge is 0.332 e. The lowest BCUT2D eigenvalue weighted by molar-refractivity contribution is -0.139. The van der Waals surface area contributed by atoms with Crippen molar-refractivity contribution >= 4 is 12.2 Å². The van der Waals surface area contributed by atoms with Crippen molar-refractivity contribution < 1.29 is 9.90 Å². The Bertz CT molecular complexity index is 553. The second kappa shape index (κ2) is 6.35. The molecular formula is C15H14N2O2. The maximum atomic E-state index is 11.2. The molecule has 0 fully saturated rings. The summed E-state index contributed by atoms with van der Waals surface area (Å²) >= 11 is 0. The maximum absolute atomic E-state index is 11.2. The Labute approximate surface area is 111 Å². The molecule has 0 amide bonds. The van der Waals surface area contributed by atoms with Crippen molar-refractivity contribution in [1.29, 1.82) is 0 Å². The zero-order valence-corrected chi connectivity index (χ0v) is 10.2. The van der Waals surface area contributed by atoms with E-state index in [1.54, 1.807) is 30.5 Å². The van der Waals surface area contributed by atoms with Crippen molar-refractivity contribution in [3.8, 4) is 0 Å². The Morgan fingerprint density at radius 1 is 1.05 bits per heavy atom. The van der Waals surface area contributed by atoms with Crippen LogP contribution in [0.15, 0.2) is 65.8 Å². The first-order valence-corrected chi connectivity index (χ1v) is 5.89. The molecule has 2 rings (SSSR count). The van der Waals surface area contributed by atoms with Crippen LogP contribution in [-0.4, -0.2) is 17.3 Å². The summed E-state index contributed by atoms with van der Waals surface area (Å²) in [6.07, 6.45) is 1.60. The van der Waals surface area contributed by atoms with Gasteiger partial charge in [0.05, 0.1) is 6.21 Å². The van der Waals surface area contributed by atoms with E-state index < -0.39 is 12.0 Å². The number of aliphatic carboxylic acids is 1. The van der Waals surface area contributed by atoms with Crippen LogP contribution in [0.25, 0.3) is 0 Å². The van der Waals surface area contributed by atoms with E-state index in [1.807, 2.05) is 36.4 Å². The zero-order chi connectivity index (χ0) is 13.5. The van der Waals surface area contributed by atoms with E-state index in [4.69, 9.17) is 0 Å². The minimum Gasteiger partial charge on any atom is -0.479 e. The van der Waals surface area contributed by atoms with Gasteiger partial charge in [-0.3, -0.25) is 5.43 Å². The van der Waals surface area contributed by atoms with Crippen LogP contribution in [0.2, 0.25) is 0 Å². The Morgan fingerprint density at radius 2 is 1.63 bits per heavy atom. The highest BCUT2D eigenvalue weighted by Crippen LogP contribution is 2.12. The molecule has 0 spiro atoms. The molecular weight excluding hydrogens is 240 g/mol. The van der Waals surface area contributed by atoms with Crippen molar-refractivity contribution in [2.75, 3.05) is 0 Å². The van der Waals surface area contributed by atoms with Crippen LogP contribution in [0.1, 0.15) is 17.2 Å². The fourth-order valence-electron chi connectivity index (χ4n) is 1.64. The lowest BCUT2D eigenvalue weighted by Crippen LogP contribution is -2.24. The van der Waals surface area contributed by atoms with Crippen LogP contribution < -0.4 is 5.43 Å². The van der Waals surface area contributed by atoms with Gasteiger partial charge in [-0.05, 0) is 11.1 Å². The Morgan fingerprint density at radius 3 is 2.21 bits per heavy atom. The summed E-state index contributed by atoms with van der Waals surface area (Å²) in [5.74, 6) is -0.962. The predicted octanol–water partition coefficient (Wildman–Crippen LogP) is 2.44. The van der Waals surface area contributed by atoms with Gasteiger partial charge in [-0.15, -0.1) is 0 Å². The molecule has 0 aliphatic carbocycles. The van der Waals surface area contributed by atoms with E-state index in [2.05, 4.69) is 10.5 Å². The molecule has 0 aromatic heterocycles. The Kier molecular flexibility index (Phi) is 4.29. The normalized spacial score (nSPS) is 12.2. The minimum atomic E-state index is -0.962. The zero-order valence-electron chi connectivity index (χ0n) is 10.2. The van der Waals surface area contributed by atoms with E-state index in [0.29, 0.717) is 5.56 Å². The summed E-state index contributed by atoms with van der Waals surface area (Å²) in [6.45, 7) is 0. The summed E-state index contributed by atoms with van der Waals surface area (Å²) in [5, 5.41) is 13.2. The van der Waals surface area contributed by atoms with E-state index in [9.17, 15) is 9.90 Å². The topological polar surface area (TPSA) is 61.7 Å². The van der Waals surface area contributed by atoms with Gasteiger partial charge in [-0.25, -0.2) is 4.79 Å². The lowest BCUT2D eigenvalue weighted by atomic mass is 10.1. The molecule has 0 bridgehead atoms. The largest absolute Gasteiger partial charge is 0.479 e. The molecule has 4 heteroatoms. The summed E-state index contributed by atoms with van der Waals surface area (Å²) in [6, 6.07) is 17.6. The number of carboxylic acid groups (broad SMARTS) is 1. The van der Waals surface area contributed by atoms with E-state index in [-0.39, 0.29) is 0 Å². The molecule has 0 aliphatic heterocycles. The summed E-state index contributed by atoms with van der Waals surface area (Å²) in [5.41, 5.74) is 4.23. The first-order chi connectivity index (χ1) is 9.27. The number of benzene rings is 2. The molecule has 0 heterocycles. The molecule has 2 N–H and O–H groups in total. The highest BCUT2D eigenvalue weighted by atomic mass is 16.4. The average molecular weight is 254 g/mol. The molecule has 1 unspecified atom stereocenters. The number of rotatable bonds is 5. The molecule has 0 saturated heterocycles. The Hall–Kier alpha value is -2.62. The van der Waals surface area contributed by atoms with Gasteiger partial charge < -0.3 is 5.11 Å². The van der Waals surface area contributed by atoms with E-state index in [1.165, 1.54) is 0 Å². The molecule has 2 aromatic carbocycles. The number of hydrogen-bond acceptors (Lipinski definition) is 3. The summed E-state index contributed by atoms with van der Waals surface area (Å²) in [7, 11) is 0. The first kappa shape index (κ1) is 12.8. The van der Waals surface area contributed by atoms with Gasteiger partial charge >= 0.3 is 5.97 Å². The van der Waals surface area contributed by atoms with Crippen LogP contribution in [-0.2, 0) is 4.79 Å². The number of carbonyl (C=O) groups is 1. The maximum Gasteiger partial charge on any atom is 0.332 e. The van der Waals surface area contributed by atoms with Gasteiger partial charge in [0.2, 0.25) is 0 Å². The van der Waals surface area contributed by atoms with Crippen LogP contribution in [0.4, 0.5) is 0 Å². The SMILES string of the molecule is O=C(O)C(NN=Cc1ccccc1)c1ccccc1. The summed E-state index contributed by atoms with van der Waals surface area (Å²) < 4.78 is 0. The lowest BCUT2D eigenvalue weighted by Gasteiger charge is -2.11.